The van der Waals surface area contributed by atoms with Crippen LogP contribution in [-0.2, 0) is 0 Å². The summed E-state index contributed by atoms with van der Waals surface area (Å²) in [6.07, 6.45) is 6.42. The number of hydrogen-bond donors (Lipinski definition) is 3. The van der Waals surface area contributed by atoms with Crippen LogP contribution in [0.5, 0.6) is 0 Å². The van der Waals surface area contributed by atoms with Gasteiger partial charge in [0, 0.05) is 29.7 Å². The summed E-state index contributed by atoms with van der Waals surface area (Å²) in [7, 11) is 0. The van der Waals surface area contributed by atoms with Gasteiger partial charge in [0.15, 0.2) is 5.82 Å². The lowest BCUT2D eigenvalue weighted by Crippen LogP contribution is -2.45. The van der Waals surface area contributed by atoms with E-state index in [1.165, 1.54) is 0 Å². The van der Waals surface area contributed by atoms with Gasteiger partial charge >= 0.3 is 6.03 Å². The number of aliphatic hydroxyl groups is 1. The number of carbonyl (C=O) groups is 1. The first-order chi connectivity index (χ1) is 12.0. The molecule has 1 aromatic carbocycles. The predicted octanol–water partition coefficient (Wildman–Crippen LogP) is 3.27. The van der Waals surface area contributed by atoms with Crippen molar-refractivity contribution in [2.24, 2.45) is 0 Å². The van der Waals surface area contributed by atoms with Gasteiger partial charge in [0.05, 0.1) is 5.60 Å². The zero-order valence-corrected chi connectivity index (χ0v) is 14.5. The first-order valence-electron chi connectivity index (χ1n) is 8.71. The molecule has 0 saturated heterocycles. The number of nitrogens with one attached hydrogen (secondary N) is 2. The molecule has 3 rings (SSSR count). The molecule has 1 aliphatic rings. The highest BCUT2D eigenvalue weighted by molar-refractivity contribution is 5.89. The minimum atomic E-state index is -0.762. The van der Waals surface area contributed by atoms with E-state index in [9.17, 15) is 9.90 Å². The Morgan fingerprint density at radius 2 is 1.88 bits per heavy atom. The van der Waals surface area contributed by atoms with Crippen LogP contribution in [0, 0.1) is 6.92 Å². The van der Waals surface area contributed by atoms with Crippen LogP contribution in [0.2, 0.25) is 0 Å². The number of aryl methyl sites for hydroxylation is 1. The molecule has 0 unspecified atom stereocenters. The molecule has 25 heavy (non-hydrogen) atoms. The van der Waals surface area contributed by atoms with E-state index in [2.05, 4.69) is 20.6 Å². The van der Waals surface area contributed by atoms with E-state index in [1.807, 2.05) is 37.3 Å². The van der Waals surface area contributed by atoms with Gasteiger partial charge in [0.25, 0.3) is 0 Å². The zero-order chi connectivity index (χ0) is 17.7. The molecule has 6 heteroatoms. The minimum Gasteiger partial charge on any atom is -0.388 e. The van der Waals surface area contributed by atoms with Gasteiger partial charge < -0.3 is 15.7 Å². The molecule has 1 aliphatic carbocycles. The van der Waals surface area contributed by atoms with E-state index in [0.29, 0.717) is 11.5 Å². The summed E-state index contributed by atoms with van der Waals surface area (Å²) in [5, 5.41) is 16.0. The Balaban J connectivity index is 1.55. The third-order valence-corrected chi connectivity index (χ3v) is 4.56. The maximum Gasteiger partial charge on any atom is 0.319 e. The topological polar surface area (TPSA) is 87.1 Å². The molecule has 0 spiro atoms. The molecule has 6 nitrogen and oxygen atoms in total. The summed E-state index contributed by atoms with van der Waals surface area (Å²) >= 11 is 0. The van der Waals surface area contributed by atoms with Gasteiger partial charge in [-0.15, -0.1) is 0 Å². The largest absolute Gasteiger partial charge is 0.388 e. The highest BCUT2D eigenvalue weighted by Gasteiger charge is 2.29. The quantitative estimate of drug-likeness (QED) is 0.797. The smallest absolute Gasteiger partial charge is 0.319 e. The van der Waals surface area contributed by atoms with Crippen molar-refractivity contribution >= 4 is 11.7 Å². The number of benzene rings is 1. The van der Waals surface area contributed by atoms with E-state index in [1.54, 1.807) is 6.20 Å². The second-order valence-corrected chi connectivity index (χ2v) is 6.69. The third kappa shape index (κ3) is 4.76. The highest BCUT2D eigenvalue weighted by Crippen LogP contribution is 2.27. The lowest BCUT2D eigenvalue weighted by molar-refractivity contribution is 0.00755. The maximum absolute atomic E-state index is 12.0. The SMILES string of the molecule is Cc1ccnc(-c2ccc(NC(=O)NCC3(O)CCCCC3)cc2)n1. The molecular formula is C19H24N4O2. The van der Waals surface area contributed by atoms with Crippen molar-refractivity contribution < 1.29 is 9.90 Å². The molecular weight excluding hydrogens is 316 g/mol. The number of amides is 2. The van der Waals surface area contributed by atoms with E-state index < -0.39 is 5.60 Å². The molecule has 1 saturated carbocycles. The van der Waals surface area contributed by atoms with Gasteiger partial charge in [0.1, 0.15) is 0 Å². The molecule has 0 bridgehead atoms. The van der Waals surface area contributed by atoms with Crippen LogP contribution in [0.3, 0.4) is 0 Å². The lowest BCUT2D eigenvalue weighted by atomic mass is 9.85. The van der Waals surface area contributed by atoms with Crippen molar-refractivity contribution in [1.82, 2.24) is 15.3 Å². The van der Waals surface area contributed by atoms with Crippen molar-refractivity contribution in [3.8, 4) is 11.4 Å². The molecule has 1 heterocycles. The van der Waals surface area contributed by atoms with E-state index in [4.69, 9.17) is 0 Å². The Morgan fingerprint density at radius 1 is 1.16 bits per heavy atom. The van der Waals surface area contributed by atoms with Gasteiger partial charge in [-0.1, -0.05) is 19.3 Å². The van der Waals surface area contributed by atoms with Gasteiger partial charge in [-0.05, 0) is 50.1 Å². The van der Waals surface area contributed by atoms with Crippen LogP contribution in [0.15, 0.2) is 36.5 Å². The van der Waals surface area contributed by atoms with Gasteiger partial charge in [-0.25, -0.2) is 14.8 Å². The van der Waals surface area contributed by atoms with Crippen LogP contribution in [0.25, 0.3) is 11.4 Å². The predicted molar refractivity (Wildman–Crippen MR) is 97.3 cm³/mol. The second kappa shape index (κ2) is 7.61. The standard InChI is InChI=1S/C19H24N4O2/c1-14-9-12-20-17(22-14)15-5-7-16(8-6-15)23-18(24)21-13-19(25)10-3-2-4-11-19/h5-9,12,25H,2-4,10-11,13H2,1H3,(H2,21,23,24). The van der Waals surface area contributed by atoms with Crippen molar-refractivity contribution in [2.75, 3.05) is 11.9 Å². The summed E-state index contributed by atoms with van der Waals surface area (Å²) in [5.41, 5.74) is 1.73. The van der Waals surface area contributed by atoms with Crippen molar-refractivity contribution in [2.45, 2.75) is 44.6 Å². The molecule has 2 aromatic rings. The van der Waals surface area contributed by atoms with E-state index >= 15 is 0 Å². The monoisotopic (exact) mass is 340 g/mol. The summed E-state index contributed by atoms with van der Waals surface area (Å²) in [6, 6.07) is 8.92. The summed E-state index contributed by atoms with van der Waals surface area (Å²) in [6.45, 7) is 2.21. The average molecular weight is 340 g/mol. The van der Waals surface area contributed by atoms with Gasteiger partial charge in [0.2, 0.25) is 0 Å². The number of hydrogen-bond acceptors (Lipinski definition) is 4. The lowest BCUT2D eigenvalue weighted by Gasteiger charge is -2.32. The average Bonchev–Trinajstić information content (AvgIpc) is 2.61. The van der Waals surface area contributed by atoms with Crippen LogP contribution in [0.4, 0.5) is 10.5 Å². The zero-order valence-electron chi connectivity index (χ0n) is 14.5. The van der Waals surface area contributed by atoms with Crippen LogP contribution >= 0.6 is 0 Å². The maximum atomic E-state index is 12.0. The summed E-state index contributed by atoms with van der Waals surface area (Å²) < 4.78 is 0. The number of nitrogens with zero attached hydrogens (tertiary/aromatic N) is 2. The summed E-state index contributed by atoms with van der Waals surface area (Å²) in [5.74, 6) is 0.663. The van der Waals surface area contributed by atoms with Crippen LogP contribution in [-0.4, -0.2) is 33.3 Å². The van der Waals surface area contributed by atoms with Crippen LogP contribution < -0.4 is 10.6 Å². The molecule has 0 aliphatic heterocycles. The first kappa shape index (κ1) is 17.4. The van der Waals surface area contributed by atoms with Gasteiger partial charge in [-0.2, -0.15) is 0 Å². The Bertz CT molecular complexity index is 724. The molecule has 1 fully saturated rings. The molecule has 1 aromatic heterocycles. The minimum absolute atomic E-state index is 0.286. The Kier molecular flexibility index (Phi) is 5.28. The summed E-state index contributed by atoms with van der Waals surface area (Å²) in [4.78, 5) is 20.7. The number of carbonyl (C=O) groups excluding carboxylic acids is 1. The fraction of sp³-hybridized carbons (Fsp3) is 0.421. The normalized spacial score (nSPS) is 16.2. The molecule has 2 amide bonds. The first-order valence-corrected chi connectivity index (χ1v) is 8.71. The second-order valence-electron chi connectivity index (χ2n) is 6.69. The number of anilines is 1. The molecule has 0 atom stereocenters. The van der Waals surface area contributed by atoms with Crippen LogP contribution in [0.1, 0.15) is 37.8 Å². The third-order valence-electron chi connectivity index (χ3n) is 4.56. The molecule has 3 N–H and O–H groups in total. The Hall–Kier alpha value is -2.47. The number of aromatic nitrogens is 2. The highest BCUT2D eigenvalue weighted by atomic mass is 16.3. The fourth-order valence-electron chi connectivity index (χ4n) is 3.10. The van der Waals surface area contributed by atoms with Crippen molar-refractivity contribution in [1.29, 1.82) is 0 Å². The molecule has 0 radical (unpaired) electrons. The van der Waals surface area contributed by atoms with Crippen molar-refractivity contribution in [3.05, 3.63) is 42.2 Å². The molecule has 132 valence electrons. The van der Waals surface area contributed by atoms with Crippen molar-refractivity contribution in [3.63, 3.8) is 0 Å². The van der Waals surface area contributed by atoms with E-state index in [0.717, 1.165) is 43.4 Å². The number of rotatable bonds is 4. The Labute approximate surface area is 147 Å². The number of urea groups is 1. The Morgan fingerprint density at radius 3 is 2.56 bits per heavy atom. The van der Waals surface area contributed by atoms with Gasteiger partial charge in [-0.3, -0.25) is 0 Å². The van der Waals surface area contributed by atoms with E-state index in [-0.39, 0.29) is 12.6 Å². The fourth-order valence-corrected chi connectivity index (χ4v) is 3.10.